The zero-order chi connectivity index (χ0) is 24.3. The molecular weight excluding hydrogens is 434 g/mol. The predicted molar refractivity (Wildman–Crippen MR) is 127 cm³/mol. The molecule has 1 N–H and O–H groups in total. The summed E-state index contributed by atoms with van der Waals surface area (Å²) >= 11 is 0. The Labute approximate surface area is 201 Å². The van der Waals surface area contributed by atoms with Gasteiger partial charge in [0.05, 0.1) is 20.2 Å². The highest BCUT2D eigenvalue weighted by atomic mass is 16.5. The molecule has 1 aromatic heterocycles. The van der Waals surface area contributed by atoms with Gasteiger partial charge in [0.15, 0.2) is 0 Å². The van der Waals surface area contributed by atoms with Crippen molar-refractivity contribution in [2.75, 3.05) is 26.7 Å². The van der Waals surface area contributed by atoms with Crippen LogP contribution in [-0.2, 0) is 24.5 Å². The normalized spacial score (nSPS) is 18.5. The van der Waals surface area contributed by atoms with Crippen LogP contribution in [0.4, 0.5) is 4.79 Å². The first kappa shape index (κ1) is 24.3. The average Bonchev–Trinajstić information content (AvgIpc) is 3.36. The number of piperidine rings is 1. The molecule has 3 amide bonds. The van der Waals surface area contributed by atoms with Crippen LogP contribution in [0, 0.1) is 5.92 Å². The van der Waals surface area contributed by atoms with Crippen molar-refractivity contribution in [3.05, 3.63) is 53.5 Å². The first-order valence-corrected chi connectivity index (χ1v) is 12.0. The second-order valence-electron chi connectivity index (χ2n) is 9.69. The van der Waals surface area contributed by atoms with Crippen molar-refractivity contribution in [2.24, 2.45) is 5.92 Å². The summed E-state index contributed by atoms with van der Waals surface area (Å²) in [7, 11) is 1.61. The van der Waals surface area contributed by atoms with Crippen molar-refractivity contribution in [2.45, 2.75) is 58.3 Å². The van der Waals surface area contributed by atoms with Crippen molar-refractivity contribution < 1.29 is 23.8 Å². The molecule has 1 spiro atoms. The zero-order valence-electron chi connectivity index (χ0n) is 20.3. The maximum absolute atomic E-state index is 13.8. The van der Waals surface area contributed by atoms with Crippen LogP contribution in [0.3, 0.4) is 0 Å². The summed E-state index contributed by atoms with van der Waals surface area (Å²) in [5, 5.41) is 9.23. The summed E-state index contributed by atoms with van der Waals surface area (Å²) < 4.78 is 10.9. The Kier molecular flexibility index (Phi) is 7.28. The maximum atomic E-state index is 13.8. The van der Waals surface area contributed by atoms with Gasteiger partial charge in [-0.25, -0.2) is 4.79 Å². The lowest BCUT2D eigenvalue weighted by molar-refractivity contribution is -0.136. The van der Waals surface area contributed by atoms with E-state index >= 15 is 0 Å². The number of benzene rings is 1. The van der Waals surface area contributed by atoms with E-state index < -0.39 is 5.54 Å². The van der Waals surface area contributed by atoms with E-state index in [1.165, 1.54) is 4.90 Å². The molecule has 2 aliphatic heterocycles. The monoisotopic (exact) mass is 469 g/mol. The lowest BCUT2D eigenvalue weighted by Gasteiger charge is -2.42. The first-order chi connectivity index (χ1) is 16.4. The number of aliphatic hydroxyl groups excluding tert-OH is 1. The average molecular weight is 470 g/mol. The SMILES string of the molecule is COc1cccc(CN2C(=O)N(CCC(C)C)C3(CCN(Cc4ccc(CO)o4)CC3)C2=O)c1. The number of urea groups is 1. The van der Waals surface area contributed by atoms with E-state index in [1.54, 1.807) is 13.2 Å². The number of ether oxygens (including phenoxy) is 1. The molecule has 8 heteroatoms. The van der Waals surface area contributed by atoms with E-state index in [0.29, 0.717) is 56.4 Å². The Hall–Kier alpha value is -2.84. The minimum absolute atomic E-state index is 0.0932. The number of methoxy groups -OCH3 is 1. The Bertz CT molecular complexity index is 1010. The molecule has 1 aromatic carbocycles. The van der Waals surface area contributed by atoms with E-state index in [-0.39, 0.29) is 25.1 Å². The van der Waals surface area contributed by atoms with Gasteiger partial charge in [-0.2, -0.15) is 0 Å². The largest absolute Gasteiger partial charge is 0.497 e. The highest BCUT2D eigenvalue weighted by Crippen LogP contribution is 2.39. The quantitative estimate of drug-likeness (QED) is 0.565. The van der Waals surface area contributed by atoms with Crippen molar-refractivity contribution >= 4 is 11.9 Å². The molecule has 2 aliphatic rings. The molecular formula is C26H35N3O5. The van der Waals surface area contributed by atoms with Gasteiger partial charge >= 0.3 is 6.03 Å². The van der Waals surface area contributed by atoms with Crippen LogP contribution in [0.15, 0.2) is 40.8 Å². The predicted octanol–water partition coefficient (Wildman–Crippen LogP) is 3.63. The number of likely N-dealkylation sites (tertiary alicyclic amines) is 1. The molecule has 0 bridgehead atoms. The molecule has 0 atom stereocenters. The molecule has 2 fully saturated rings. The van der Waals surface area contributed by atoms with E-state index in [2.05, 4.69) is 18.7 Å². The number of hydrogen-bond donors (Lipinski definition) is 1. The molecule has 4 rings (SSSR count). The van der Waals surface area contributed by atoms with Gasteiger partial charge in [-0.3, -0.25) is 14.6 Å². The fourth-order valence-corrected chi connectivity index (χ4v) is 4.95. The van der Waals surface area contributed by atoms with E-state index in [9.17, 15) is 14.7 Å². The lowest BCUT2D eigenvalue weighted by atomic mass is 9.85. The van der Waals surface area contributed by atoms with Crippen molar-refractivity contribution in [3.63, 3.8) is 0 Å². The minimum atomic E-state index is -0.791. The molecule has 2 aromatic rings. The van der Waals surface area contributed by atoms with Crippen LogP contribution in [-0.4, -0.2) is 64.0 Å². The molecule has 184 valence electrons. The molecule has 2 saturated heterocycles. The summed E-state index contributed by atoms with van der Waals surface area (Å²) in [6.07, 6.45) is 2.05. The zero-order valence-corrected chi connectivity index (χ0v) is 20.3. The van der Waals surface area contributed by atoms with Gasteiger partial charge in [-0.15, -0.1) is 0 Å². The third kappa shape index (κ3) is 4.83. The van der Waals surface area contributed by atoms with Crippen LogP contribution < -0.4 is 4.74 Å². The summed E-state index contributed by atoms with van der Waals surface area (Å²) in [5.74, 6) is 2.40. The minimum Gasteiger partial charge on any atom is -0.497 e. The Morgan fingerprint density at radius 1 is 1.09 bits per heavy atom. The number of carbonyl (C=O) groups is 2. The number of carbonyl (C=O) groups excluding carboxylic acids is 2. The topological polar surface area (TPSA) is 86.5 Å². The van der Waals surface area contributed by atoms with Crippen LogP contribution in [0.5, 0.6) is 5.75 Å². The molecule has 0 radical (unpaired) electrons. The van der Waals surface area contributed by atoms with Crippen molar-refractivity contribution in [1.82, 2.24) is 14.7 Å². The van der Waals surface area contributed by atoms with Gasteiger partial charge in [0, 0.05) is 19.6 Å². The molecule has 8 nitrogen and oxygen atoms in total. The standard InChI is InChI=1S/C26H35N3O5/c1-19(2)9-12-29-25(32)28(16-20-5-4-6-21(15-20)33-3)24(31)26(29)10-13-27(14-11-26)17-22-7-8-23(18-30)34-22/h4-8,15,19,30H,9-14,16-18H2,1-3H3. The Balaban J connectivity index is 1.51. The van der Waals surface area contributed by atoms with Gasteiger partial charge in [0.25, 0.3) is 5.91 Å². The van der Waals surface area contributed by atoms with Gasteiger partial charge in [-0.05, 0) is 55.0 Å². The van der Waals surface area contributed by atoms with E-state index in [0.717, 1.165) is 17.7 Å². The smallest absolute Gasteiger partial charge is 0.327 e. The Morgan fingerprint density at radius 3 is 2.47 bits per heavy atom. The summed E-state index contributed by atoms with van der Waals surface area (Å²) in [6.45, 7) is 6.99. The maximum Gasteiger partial charge on any atom is 0.327 e. The van der Waals surface area contributed by atoms with Crippen LogP contribution in [0.25, 0.3) is 0 Å². The Morgan fingerprint density at radius 2 is 1.82 bits per heavy atom. The van der Waals surface area contributed by atoms with Crippen molar-refractivity contribution in [1.29, 1.82) is 0 Å². The molecule has 34 heavy (non-hydrogen) atoms. The van der Waals surface area contributed by atoms with Crippen molar-refractivity contribution in [3.8, 4) is 5.75 Å². The number of aliphatic hydroxyl groups is 1. The van der Waals surface area contributed by atoms with Gasteiger partial charge < -0.3 is 19.2 Å². The summed E-state index contributed by atoms with van der Waals surface area (Å²) in [5.41, 5.74) is 0.0812. The molecule has 0 saturated carbocycles. The number of amides is 3. The fraction of sp³-hybridized carbons (Fsp3) is 0.538. The lowest BCUT2D eigenvalue weighted by Crippen LogP contribution is -2.56. The molecule has 3 heterocycles. The van der Waals surface area contributed by atoms with Gasteiger partial charge in [0.2, 0.25) is 0 Å². The third-order valence-corrected chi connectivity index (χ3v) is 6.96. The molecule has 0 unspecified atom stereocenters. The number of rotatable bonds is 9. The second-order valence-corrected chi connectivity index (χ2v) is 9.69. The third-order valence-electron chi connectivity index (χ3n) is 6.96. The summed E-state index contributed by atoms with van der Waals surface area (Å²) in [6, 6.07) is 11.0. The number of nitrogens with zero attached hydrogens (tertiary/aromatic N) is 3. The van der Waals surface area contributed by atoms with Gasteiger partial charge in [0.1, 0.15) is 29.4 Å². The highest BCUT2D eigenvalue weighted by Gasteiger charge is 2.57. The number of imide groups is 1. The van der Waals surface area contributed by atoms with E-state index in [1.807, 2.05) is 35.2 Å². The molecule has 0 aliphatic carbocycles. The highest BCUT2D eigenvalue weighted by molar-refractivity contribution is 6.07. The van der Waals surface area contributed by atoms with Crippen LogP contribution >= 0.6 is 0 Å². The summed E-state index contributed by atoms with van der Waals surface area (Å²) in [4.78, 5) is 32.8. The van der Waals surface area contributed by atoms with Gasteiger partial charge in [-0.1, -0.05) is 26.0 Å². The van der Waals surface area contributed by atoms with E-state index in [4.69, 9.17) is 9.15 Å². The van der Waals surface area contributed by atoms with Crippen LogP contribution in [0.1, 0.15) is 50.2 Å². The first-order valence-electron chi connectivity index (χ1n) is 12.0. The fourth-order valence-electron chi connectivity index (χ4n) is 4.95. The number of furan rings is 1. The second kappa shape index (κ2) is 10.2. The van der Waals surface area contributed by atoms with Crippen LogP contribution in [0.2, 0.25) is 0 Å². The number of hydrogen-bond acceptors (Lipinski definition) is 6.